The van der Waals surface area contributed by atoms with Crippen LogP contribution < -0.4 is 4.90 Å². The molecule has 1 fully saturated rings. The summed E-state index contributed by atoms with van der Waals surface area (Å²) in [7, 11) is -3.49. The van der Waals surface area contributed by atoms with E-state index in [-0.39, 0.29) is 4.90 Å². The third-order valence-electron chi connectivity index (χ3n) is 4.84. The molecule has 23 heavy (non-hydrogen) atoms. The number of rotatable bonds is 4. The molecule has 1 aromatic carbocycles. The Labute approximate surface area is 137 Å². The molecule has 6 heteroatoms. The molecule has 1 N–H and O–H groups in total. The molecule has 0 saturated carbocycles. The van der Waals surface area contributed by atoms with E-state index in [0.29, 0.717) is 13.1 Å². The molecule has 0 amide bonds. The minimum absolute atomic E-state index is 0.180. The van der Waals surface area contributed by atoms with Gasteiger partial charge in [-0.15, -0.1) is 0 Å². The van der Waals surface area contributed by atoms with Crippen LogP contribution in [0.3, 0.4) is 0 Å². The number of sulfonamides is 1. The van der Waals surface area contributed by atoms with E-state index >= 15 is 0 Å². The fourth-order valence-corrected chi connectivity index (χ4v) is 4.89. The number of hydrogen-bond donors (Lipinski definition) is 1. The molecule has 1 aromatic rings. The first-order valence-electron chi connectivity index (χ1n) is 8.30. The molecular formula is C17H24FN2O2S+. The van der Waals surface area contributed by atoms with E-state index in [9.17, 15) is 12.8 Å². The SMILES string of the molecule is O=S(=O)(c1ccc(F)cc1)N1CC[NH+](C[C@@H]2CC=CCC2)CC1. The third-order valence-corrected chi connectivity index (χ3v) is 6.75. The van der Waals surface area contributed by atoms with Crippen LogP contribution in [0, 0.1) is 11.7 Å². The van der Waals surface area contributed by atoms with Crippen molar-refractivity contribution in [2.75, 3.05) is 32.7 Å². The van der Waals surface area contributed by atoms with Gasteiger partial charge < -0.3 is 4.90 Å². The number of nitrogens with zero attached hydrogens (tertiary/aromatic N) is 1. The molecule has 0 radical (unpaired) electrons. The molecule has 2 aliphatic rings. The third kappa shape index (κ3) is 4.00. The molecule has 1 atom stereocenters. The van der Waals surface area contributed by atoms with Crippen molar-refractivity contribution in [2.24, 2.45) is 5.92 Å². The molecule has 1 aliphatic heterocycles. The van der Waals surface area contributed by atoms with Crippen molar-refractivity contribution in [3.05, 3.63) is 42.2 Å². The largest absolute Gasteiger partial charge is 0.333 e. The number of hydrogen-bond acceptors (Lipinski definition) is 2. The quantitative estimate of drug-likeness (QED) is 0.834. The zero-order chi connectivity index (χ0) is 16.3. The molecule has 0 spiro atoms. The van der Waals surface area contributed by atoms with Gasteiger partial charge in [-0.05, 0) is 43.5 Å². The molecule has 3 rings (SSSR count). The van der Waals surface area contributed by atoms with Crippen LogP contribution in [0.1, 0.15) is 19.3 Å². The lowest BCUT2D eigenvalue weighted by atomic mass is 9.94. The lowest BCUT2D eigenvalue weighted by Crippen LogP contribution is -3.15. The van der Waals surface area contributed by atoms with Crippen molar-refractivity contribution in [3.63, 3.8) is 0 Å². The monoisotopic (exact) mass is 339 g/mol. The lowest BCUT2D eigenvalue weighted by molar-refractivity contribution is -0.907. The highest BCUT2D eigenvalue weighted by atomic mass is 32.2. The summed E-state index contributed by atoms with van der Waals surface area (Å²) in [6.45, 7) is 3.91. The second kappa shape index (κ2) is 7.11. The first kappa shape index (κ1) is 16.6. The van der Waals surface area contributed by atoms with E-state index in [0.717, 1.165) is 32.0 Å². The number of piperazine rings is 1. The molecule has 1 saturated heterocycles. The van der Waals surface area contributed by atoms with E-state index in [1.807, 2.05) is 0 Å². The fraction of sp³-hybridized carbons (Fsp3) is 0.529. The van der Waals surface area contributed by atoms with Gasteiger partial charge in [0.1, 0.15) is 5.82 Å². The van der Waals surface area contributed by atoms with Crippen molar-refractivity contribution < 1.29 is 17.7 Å². The van der Waals surface area contributed by atoms with E-state index in [2.05, 4.69) is 12.2 Å². The van der Waals surface area contributed by atoms with E-state index in [1.54, 1.807) is 0 Å². The van der Waals surface area contributed by atoms with Gasteiger partial charge in [0, 0.05) is 5.92 Å². The van der Waals surface area contributed by atoms with Crippen LogP contribution in [0.25, 0.3) is 0 Å². The van der Waals surface area contributed by atoms with Crippen LogP contribution in [0.15, 0.2) is 41.3 Å². The van der Waals surface area contributed by atoms with Gasteiger partial charge in [-0.25, -0.2) is 12.8 Å². The summed E-state index contributed by atoms with van der Waals surface area (Å²) in [5.41, 5.74) is 0. The summed E-state index contributed by atoms with van der Waals surface area (Å²) in [5.74, 6) is 0.315. The molecule has 4 nitrogen and oxygen atoms in total. The van der Waals surface area contributed by atoms with Crippen LogP contribution in [-0.4, -0.2) is 45.4 Å². The lowest BCUT2D eigenvalue weighted by Gasteiger charge is -2.33. The van der Waals surface area contributed by atoms with Gasteiger partial charge in [0.15, 0.2) is 0 Å². The summed E-state index contributed by atoms with van der Waals surface area (Å²) < 4.78 is 39.7. The molecule has 126 valence electrons. The minimum atomic E-state index is -3.49. The Morgan fingerprint density at radius 2 is 1.83 bits per heavy atom. The van der Waals surface area contributed by atoms with Crippen LogP contribution in [0.4, 0.5) is 4.39 Å². The van der Waals surface area contributed by atoms with Crippen molar-refractivity contribution in [1.29, 1.82) is 0 Å². The summed E-state index contributed by atoms with van der Waals surface area (Å²) in [5, 5.41) is 0. The average molecular weight is 339 g/mol. The minimum Gasteiger partial charge on any atom is -0.333 e. The van der Waals surface area contributed by atoms with Gasteiger partial charge in [0.25, 0.3) is 0 Å². The van der Waals surface area contributed by atoms with E-state index in [1.165, 1.54) is 46.3 Å². The van der Waals surface area contributed by atoms with Crippen molar-refractivity contribution in [2.45, 2.75) is 24.2 Å². The van der Waals surface area contributed by atoms with Crippen LogP contribution in [-0.2, 0) is 10.0 Å². The summed E-state index contributed by atoms with van der Waals surface area (Å²) >= 11 is 0. The zero-order valence-electron chi connectivity index (χ0n) is 13.2. The van der Waals surface area contributed by atoms with Gasteiger partial charge in [0.2, 0.25) is 10.0 Å². The van der Waals surface area contributed by atoms with Crippen molar-refractivity contribution in [1.82, 2.24) is 4.31 Å². The number of benzene rings is 1. The van der Waals surface area contributed by atoms with Gasteiger partial charge in [0.05, 0.1) is 37.6 Å². The Morgan fingerprint density at radius 1 is 1.13 bits per heavy atom. The van der Waals surface area contributed by atoms with Crippen LogP contribution >= 0.6 is 0 Å². The predicted molar refractivity (Wildman–Crippen MR) is 87.2 cm³/mol. The Bertz CT molecular complexity index is 650. The maximum absolute atomic E-state index is 13.0. The topological polar surface area (TPSA) is 41.8 Å². The normalized spacial score (nSPS) is 24.0. The molecule has 0 aromatic heterocycles. The molecular weight excluding hydrogens is 315 g/mol. The first-order chi connectivity index (χ1) is 11.1. The second-order valence-corrected chi connectivity index (χ2v) is 8.40. The molecule has 0 bridgehead atoms. The number of allylic oxidation sites excluding steroid dienone is 2. The summed E-state index contributed by atoms with van der Waals surface area (Å²) in [4.78, 5) is 1.68. The predicted octanol–water partition coefficient (Wildman–Crippen LogP) is 1.07. The maximum Gasteiger partial charge on any atom is 0.243 e. The maximum atomic E-state index is 13.0. The first-order valence-corrected chi connectivity index (χ1v) is 9.74. The number of quaternary nitrogens is 1. The average Bonchev–Trinajstić information content (AvgIpc) is 2.57. The number of nitrogens with one attached hydrogen (secondary N) is 1. The highest BCUT2D eigenvalue weighted by Crippen LogP contribution is 2.17. The van der Waals surface area contributed by atoms with E-state index in [4.69, 9.17) is 0 Å². The Balaban J connectivity index is 1.57. The van der Waals surface area contributed by atoms with Gasteiger partial charge >= 0.3 is 0 Å². The van der Waals surface area contributed by atoms with Crippen molar-refractivity contribution >= 4 is 10.0 Å². The molecule has 1 aliphatic carbocycles. The van der Waals surface area contributed by atoms with Crippen LogP contribution in [0.2, 0.25) is 0 Å². The van der Waals surface area contributed by atoms with Gasteiger partial charge in [-0.1, -0.05) is 12.2 Å². The Hall–Kier alpha value is -1.24. The van der Waals surface area contributed by atoms with E-state index < -0.39 is 15.8 Å². The molecule has 0 unspecified atom stereocenters. The molecule has 1 heterocycles. The highest BCUT2D eigenvalue weighted by molar-refractivity contribution is 7.89. The second-order valence-electron chi connectivity index (χ2n) is 6.46. The fourth-order valence-electron chi connectivity index (χ4n) is 3.45. The summed E-state index contributed by atoms with van der Waals surface area (Å²) in [6, 6.07) is 5.09. The smallest absolute Gasteiger partial charge is 0.243 e. The summed E-state index contributed by atoms with van der Waals surface area (Å²) in [6.07, 6.45) is 8.09. The van der Waals surface area contributed by atoms with Gasteiger partial charge in [-0.2, -0.15) is 4.31 Å². The number of halogens is 1. The van der Waals surface area contributed by atoms with Crippen molar-refractivity contribution in [3.8, 4) is 0 Å². The van der Waals surface area contributed by atoms with Gasteiger partial charge in [-0.3, -0.25) is 0 Å². The standard InChI is InChI=1S/C17H23FN2O2S/c18-16-6-8-17(9-7-16)23(21,22)20-12-10-19(11-13-20)14-15-4-2-1-3-5-15/h1-2,6-9,15H,3-5,10-14H2/p+1/t15-/m1/s1. The zero-order valence-corrected chi connectivity index (χ0v) is 14.1. The highest BCUT2D eigenvalue weighted by Gasteiger charge is 2.31. The Morgan fingerprint density at radius 3 is 2.43 bits per heavy atom. The van der Waals surface area contributed by atoms with Crippen LogP contribution in [0.5, 0.6) is 0 Å². The Kier molecular flexibility index (Phi) is 5.14.